The number of halogens is 3. The zero-order chi connectivity index (χ0) is 20.5. The quantitative estimate of drug-likeness (QED) is 0.587. The number of rotatable bonds is 6. The van der Waals surface area contributed by atoms with E-state index in [9.17, 15) is 8.42 Å². The van der Waals surface area contributed by atoms with Gasteiger partial charge in [-0.3, -0.25) is 0 Å². The van der Waals surface area contributed by atoms with Gasteiger partial charge in [-0.2, -0.15) is 5.26 Å². The lowest BCUT2D eigenvalue weighted by Gasteiger charge is -2.31. The second-order valence-electron chi connectivity index (χ2n) is 6.23. The van der Waals surface area contributed by atoms with Crippen LogP contribution in [0.15, 0.2) is 39.7 Å². The van der Waals surface area contributed by atoms with Gasteiger partial charge in [0.15, 0.2) is 5.75 Å². The summed E-state index contributed by atoms with van der Waals surface area (Å²) in [7, 11) is -2.49. The van der Waals surface area contributed by atoms with Crippen LogP contribution in [0.4, 0.5) is 0 Å². The van der Waals surface area contributed by atoms with Crippen LogP contribution in [0.3, 0.4) is 0 Å². The summed E-state index contributed by atoms with van der Waals surface area (Å²) in [6, 6.07) is 9.47. The van der Waals surface area contributed by atoms with Crippen molar-refractivity contribution in [3.8, 4) is 23.3 Å². The SMILES string of the molecule is COc1ccc(Oc2c(Cl)cc(Br)cc2Cl)cc1S(=O)(=O)NC1CC(C#N)C1. The standard InChI is InChI=1S/C18H15BrCl2N2O4S/c1-26-16-3-2-13(27-18-14(20)6-11(19)7-15(18)21)8-17(16)28(24,25)23-12-4-10(5-12)9-22/h2-3,6-8,10,12,23H,4-5H2,1H3. The molecule has 1 N–H and O–H groups in total. The molecule has 1 fully saturated rings. The molecular weight excluding hydrogens is 491 g/mol. The van der Waals surface area contributed by atoms with Gasteiger partial charge in [-0.25, -0.2) is 13.1 Å². The molecule has 1 saturated carbocycles. The number of methoxy groups -OCH3 is 1. The topological polar surface area (TPSA) is 88.4 Å². The van der Waals surface area contributed by atoms with E-state index in [2.05, 4.69) is 26.7 Å². The van der Waals surface area contributed by atoms with Crippen LogP contribution in [-0.2, 0) is 10.0 Å². The van der Waals surface area contributed by atoms with E-state index in [-0.39, 0.29) is 44.1 Å². The molecule has 148 valence electrons. The first-order valence-electron chi connectivity index (χ1n) is 8.16. The molecule has 28 heavy (non-hydrogen) atoms. The van der Waals surface area contributed by atoms with Gasteiger partial charge in [0.25, 0.3) is 0 Å². The van der Waals surface area contributed by atoms with Crippen molar-refractivity contribution in [3.63, 3.8) is 0 Å². The summed E-state index contributed by atoms with van der Waals surface area (Å²) in [5.41, 5.74) is 0. The van der Waals surface area contributed by atoms with Gasteiger partial charge >= 0.3 is 0 Å². The molecule has 0 spiro atoms. The van der Waals surface area contributed by atoms with Crippen molar-refractivity contribution in [2.24, 2.45) is 5.92 Å². The molecule has 2 aromatic carbocycles. The van der Waals surface area contributed by atoms with Crippen LogP contribution >= 0.6 is 39.1 Å². The van der Waals surface area contributed by atoms with E-state index in [0.717, 1.165) is 0 Å². The molecule has 0 aromatic heterocycles. The minimum absolute atomic E-state index is 0.0720. The number of nitrogens with one attached hydrogen (secondary N) is 1. The van der Waals surface area contributed by atoms with Gasteiger partial charge in [-0.1, -0.05) is 39.1 Å². The summed E-state index contributed by atoms with van der Waals surface area (Å²) in [6.07, 6.45) is 0.969. The summed E-state index contributed by atoms with van der Waals surface area (Å²) in [6.45, 7) is 0. The highest BCUT2D eigenvalue weighted by Crippen LogP contribution is 2.40. The second-order valence-corrected chi connectivity index (χ2v) is 9.64. The Bertz CT molecular complexity index is 1030. The molecule has 1 aliphatic rings. The maximum atomic E-state index is 12.8. The molecule has 0 bridgehead atoms. The van der Waals surface area contributed by atoms with E-state index < -0.39 is 10.0 Å². The lowest BCUT2D eigenvalue weighted by atomic mass is 9.82. The second kappa shape index (κ2) is 8.47. The fourth-order valence-corrected chi connectivity index (χ4v) is 5.51. The van der Waals surface area contributed by atoms with Crippen LogP contribution in [0.5, 0.6) is 17.2 Å². The smallest absolute Gasteiger partial charge is 0.244 e. The third-order valence-electron chi connectivity index (χ3n) is 4.25. The molecular formula is C18H15BrCl2N2O4S. The summed E-state index contributed by atoms with van der Waals surface area (Å²) in [4.78, 5) is -0.0720. The molecule has 0 unspecified atom stereocenters. The largest absolute Gasteiger partial charge is 0.495 e. The number of benzene rings is 2. The monoisotopic (exact) mass is 504 g/mol. The van der Waals surface area contributed by atoms with E-state index >= 15 is 0 Å². The Kier molecular flexibility index (Phi) is 6.42. The van der Waals surface area contributed by atoms with Crippen LogP contribution in [0, 0.1) is 17.2 Å². The minimum Gasteiger partial charge on any atom is -0.495 e. The molecule has 0 heterocycles. The average Bonchev–Trinajstić information content (AvgIpc) is 2.60. The maximum Gasteiger partial charge on any atom is 0.244 e. The minimum atomic E-state index is -3.87. The lowest BCUT2D eigenvalue weighted by molar-refractivity contribution is 0.307. The number of hydrogen-bond donors (Lipinski definition) is 1. The van der Waals surface area contributed by atoms with Gasteiger partial charge < -0.3 is 9.47 Å². The Balaban J connectivity index is 1.89. The fourth-order valence-electron chi connectivity index (χ4n) is 2.78. The van der Waals surface area contributed by atoms with Crippen LogP contribution < -0.4 is 14.2 Å². The Hall–Kier alpha value is -1.50. The maximum absolute atomic E-state index is 12.8. The Morgan fingerprint density at radius 1 is 1.21 bits per heavy atom. The number of hydrogen-bond acceptors (Lipinski definition) is 5. The highest BCUT2D eigenvalue weighted by Gasteiger charge is 2.33. The van der Waals surface area contributed by atoms with Crippen molar-refractivity contribution in [1.82, 2.24) is 4.72 Å². The van der Waals surface area contributed by atoms with Gasteiger partial charge in [0, 0.05) is 22.5 Å². The first-order chi connectivity index (χ1) is 13.2. The highest BCUT2D eigenvalue weighted by molar-refractivity contribution is 9.10. The van der Waals surface area contributed by atoms with Crippen molar-refractivity contribution >= 4 is 49.2 Å². The molecule has 10 heteroatoms. The van der Waals surface area contributed by atoms with Crippen LogP contribution in [0.2, 0.25) is 10.0 Å². The molecule has 3 rings (SSSR count). The summed E-state index contributed by atoms with van der Waals surface area (Å²) in [5.74, 6) is 0.495. The van der Waals surface area contributed by atoms with E-state index in [0.29, 0.717) is 17.3 Å². The lowest BCUT2D eigenvalue weighted by Crippen LogP contribution is -2.43. The molecule has 2 aromatic rings. The zero-order valence-electron chi connectivity index (χ0n) is 14.6. The highest BCUT2D eigenvalue weighted by atomic mass is 79.9. The van der Waals surface area contributed by atoms with Crippen LogP contribution in [0.25, 0.3) is 0 Å². The number of nitrogens with zero attached hydrogens (tertiary/aromatic N) is 1. The Morgan fingerprint density at radius 3 is 2.43 bits per heavy atom. The normalized spacial score (nSPS) is 18.8. The van der Waals surface area contributed by atoms with Gasteiger partial charge in [-0.05, 0) is 37.1 Å². The average molecular weight is 506 g/mol. The molecule has 0 saturated heterocycles. The van der Waals surface area contributed by atoms with Crippen LogP contribution in [-0.4, -0.2) is 21.6 Å². The number of ether oxygens (including phenoxy) is 2. The zero-order valence-corrected chi connectivity index (χ0v) is 18.5. The van der Waals surface area contributed by atoms with Gasteiger partial charge in [-0.15, -0.1) is 0 Å². The van der Waals surface area contributed by atoms with Gasteiger partial charge in [0.2, 0.25) is 10.0 Å². The van der Waals surface area contributed by atoms with Crippen molar-refractivity contribution in [2.75, 3.05) is 7.11 Å². The number of nitriles is 1. The predicted molar refractivity (Wildman–Crippen MR) is 110 cm³/mol. The van der Waals surface area contributed by atoms with E-state index in [1.165, 1.54) is 19.2 Å². The van der Waals surface area contributed by atoms with E-state index in [4.69, 9.17) is 37.9 Å². The molecule has 1 aliphatic carbocycles. The Morgan fingerprint density at radius 2 is 1.86 bits per heavy atom. The molecule has 6 nitrogen and oxygen atoms in total. The van der Waals surface area contributed by atoms with Crippen LogP contribution in [0.1, 0.15) is 12.8 Å². The van der Waals surface area contributed by atoms with Crippen molar-refractivity contribution in [3.05, 3.63) is 44.8 Å². The molecule has 0 aliphatic heterocycles. The Labute approximate surface area is 181 Å². The van der Waals surface area contributed by atoms with Gasteiger partial charge in [0.1, 0.15) is 16.4 Å². The first kappa shape index (κ1) is 21.2. The summed E-state index contributed by atoms with van der Waals surface area (Å²) >= 11 is 15.6. The molecule has 0 atom stereocenters. The summed E-state index contributed by atoms with van der Waals surface area (Å²) < 4.78 is 39.8. The fraction of sp³-hybridized carbons (Fsp3) is 0.278. The predicted octanol–water partition coefficient (Wildman–Crippen LogP) is 5.14. The van der Waals surface area contributed by atoms with Crippen molar-refractivity contribution in [2.45, 2.75) is 23.8 Å². The van der Waals surface area contributed by atoms with Gasteiger partial charge in [0.05, 0.1) is 23.2 Å². The summed E-state index contributed by atoms with van der Waals surface area (Å²) in [5, 5.41) is 9.40. The third kappa shape index (κ3) is 4.56. The van der Waals surface area contributed by atoms with Crippen molar-refractivity contribution in [1.29, 1.82) is 5.26 Å². The first-order valence-corrected chi connectivity index (χ1v) is 11.2. The van der Waals surface area contributed by atoms with Crippen molar-refractivity contribution < 1.29 is 17.9 Å². The third-order valence-corrected chi connectivity index (χ3v) is 6.81. The molecule has 0 amide bonds. The van der Waals surface area contributed by atoms with E-state index in [1.54, 1.807) is 18.2 Å². The van der Waals surface area contributed by atoms with E-state index in [1.807, 2.05) is 0 Å². The number of sulfonamides is 1. The molecule has 0 radical (unpaired) electrons.